The lowest BCUT2D eigenvalue weighted by atomic mass is 10.1. The quantitative estimate of drug-likeness (QED) is 0.756. The molecule has 0 aliphatic carbocycles. The van der Waals surface area contributed by atoms with Crippen molar-refractivity contribution in [2.24, 2.45) is 0 Å². The first-order valence-electron chi connectivity index (χ1n) is 6.43. The second kappa shape index (κ2) is 5.92. The van der Waals surface area contributed by atoms with E-state index in [-0.39, 0.29) is 11.8 Å². The Hall–Kier alpha value is -3.55. The van der Waals surface area contributed by atoms with E-state index in [4.69, 9.17) is 5.26 Å². The van der Waals surface area contributed by atoms with Gasteiger partial charge in [0.05, 0.1) is 5.69 Å². The number of alkyl halides is 3. The number of para-hydroxylation sites is 1. The molecule has 1 aromatic carbocycles. The first-order chi connectivity index (χ1) is 11.5. The second-order valence-corrected chi connectivity index (χ2v) is 4.48. The number of tetrazole rings is 1. The van der Waals surface area contributed by atoms with Crippen LogP contribution in [0, 0.1) is 11.3 Å². The molecule has 0 aliphatic rings. The van der Waals surface area contributed by atoms with Gasteiger partial charge in [-0.3, -0.25) is 0 Å². The Labute approximate surface area is 132 Å². The van der Waals surface area contributed by atoms with Crippen LogP contribution in [0.2, 0.25) is 0 Å². The molecule has 0 bridgehead atoms. The molecular weight excluding hydrogens is 325 g/mol. The summed E-state index contributed by atoms with van der Waals surface area (Å²) in [7, 11) is 0. The summed E-state index contributed by atoms with van der Waals surface area (Å²) in [6, 6.07) is 8.74. The van der Waals surface area contributed by atoms with Crippen molar-refractivity contribution in [3.63, 3.8) is 0 Å². The van der Waals surface area contributed by atoms with E-state index in [1.807, 2.05) is 0 Å². The van der Waals surface area contributed by atoms with Crippen LogP contribution in [-0.4, -0.2) is 30.6 Å². The van der Waals surface area contributed by atoms with Crippen molar-refractivity contribution in [1.29, 1.82) is 5.26 Å². The van der Waals surface area contributed by atoms with E-state index >= 15 is 0 Å². The van der Waals surface area contributed by atoms with Crippen molar-refractivity contribution in [3.8, 4) is 17.5 Å². The lowest BCUT2D eigenvalue weighted by Crippen LogP contribution is -2.11. The Bertz CT molecular complexity index is 898. The summed E-state index contributed by atoms with van der Waals surface area (Å²) in [6.07, 6.45) is -4.70. The summed E-state index contributed by atoms with van der Waals surface area (Å²) in [5.41, 5.74) is -0.779. The molecular formula is C13H7F3N8. The first-order valence-corrected chi connectivity index (χ1v) is 6.43. The van der Waals surface area contributed by atoms with Crippen molar-refractivity contribution in [2.75, 3.05) is 5.32 Å². The van der Waals surface area contributed by atoms with Crippen LogP contribution >= 0.6 is 0 Å². The summed E-state index contributed by atoms with van der Waals surface area (Å²) in [5.74, 6) is -0.122. The molecule has 3 rings (SSSR count). The zero-order valence-electron chi connectivity index (χ0n) is 11.7. The standard InChI is InChI=1S/C13H7F3N8/c14-13(15,16)10-5-7(6-17)18-12(20-10)19-9-4-2-1-3-8(9)11-21-23-24-22-11/h1-5H,(H,18,19,20)(H,21,22,23,24). The van der Waals surface area contributed by atoms with Crippen LogP contribution in [-0.2, 0) is 6.18 Å². The van der Waals surface area contributed by atoms with Gasteiger partial charge in [-0.15, -0.1) is 10.2 Å². The molecule has 8 nitrogen and oxygen atoms in total. The highest BCUT2D eigenvalue weighted by molar-refractivity contribution is 5.75. The van der Waals surface area contributed by atoms with Crippen LogP contribution in [0.5, 0.6) is 0 Å². The minimum Gasteiger partial charge on any atom is -0.323 e. The number of anilines is 2. The molecule has 2 heterocycles. The van der Waals surface area contributed by atoms with Gasteiger partial charge >= 0.3 is 6.18 Å². The number of nitrogens with zero attached hydrogens (tertiary/aromatic N) is 6. The Morgan fingerprint density at radius 1 is 1.17 bits per heavy atom. The fourth-order valence-corrected chi connectivity index (χ4v) is 1.89. The maximum Gasteiger partial charge on any atom is 0.433 e. The maximum absolute atomic E-state index is 12.9. The lowest BCUT2D eigenvalue weighted by molar-refractivity contribution is -0.141. The molecule has 11 heteroatoms. The van der Waals surface area contributed by atoms with Crippen LogP contribution < -0.4 is 5.32 Å². The summed E-state index contributed by atoms with van der Waals surface area (Å²) in [5, 5.41) is 24.9. The van der Waals surface area contributed by atoms with Gasteiger partial charge in [-0.25, -0.2) is 9.97 Å². The van der Waals surface area contributed by atoms with Gasteiger partial charge < -0.3 is 5.32 Å². The number of aromatic nitrogens is 6. The average molecular weight is 332 g/mol. The van der Waals surface area contributed by atoms with E-state index in [0.29, 0.717) is 17.3 Å². The molecule has 0 atom stereocenters. The number of aromatic amines is 1. The maximum atomic E-state index is 12.9. The summed E-state index contributed by atoms with van der Waals surface area (Å²) >= 11 is 0. The van der Waals surface area contributed by atoms with Gasteiger partial charge in [-0.05, 0) is 17.3 Å². The molecule has 0 fully saturated rings. The Kier molecular flexibility index (Phi) is 3.78. The van der Waals surface area contributed by atoms with E-state index in [0.717, 1.165) is 0 Å². The number of halogens is 3. The zero-order chi connectivity index (χ0) is 17.2. The van der Waals surface area contributed by atoms with Crippen LogP contribution in [0.15, 0.2) is 30.3 Å². The summed E-state index contributed by atoms with van der Waals surface area (Å²) < 4.78 is 38.6. The van der Waals surface area contributed by atoms with E-state index < -0.39 is 17.6 Å². The number of benzene rings is 1. The molecule has 0 spiro atoms. The zero-order valence-corrected chi connectivity index (χ0v) is 11.7. The molecule has 2 aromatic heterocycles. The largest absolute Gasteiger partial charge is 0.433 e. The van der Waals surface area contributed by atoms with Crippen molar-refractivity contribution < 1.29 is 13.2 Å². The third kappa shape index (κ3) is 3.12. The molecule has 0 unspecified atom stereocenters. The van der Waals surface area contributed by atoms with Crippen LogP contribution in [0.3, 0.4) is 0 Å². The fraction of sp³-hybridized carbons (Fsp3) is 0.0769. The topological polar surface area (TPSA) is 116 Å². The molecule has 0 amide bonds. The van der Waals surface area contributed by atoms with E-state index in [1.165, 1.54) is 0 Å². The van der Waals surface area contributed by atoms with Crippen LogP contribution in [0.1, 0.15) is 11.4 Å². The minimum atomic E-state index is -4.70. The highest BCUT2D eigenvalue weighted by Crippen LogP contribution is 2.30. The average Bonchev–Trinajstić information content (AvgIpc) is 3.08. The van der Waals surface area contributed by atoms with Gasteiger partial charge in [-0.1, -0.05) is 12.1 Å². The number of nitrogens with one attached hydrogen (secondary N) is 2. The highest BCUT2D eigenvalue weighted by atomic mass is 19.4. The molecule has 0 saturated carbocycles. The lowest BCUT2D eigenvalue weighted by Gasteiger charge is -2.11. The predicted octanol–water partition coefficient (Wildman–Crippen LogP) is 2.29. The third-order valence-electron chi connectivity index (χ3n) is 2.89. The first kappa shape index (κ1) is 15.3. The van der Waals surface area contributed by atoms with Crippen molar-refractivity contribution in [3.05, 3.63) is 41.7 Å². The Morgan fingerprint density at radius 2 is 1.96 bits per heavy atom. The molecule has 120 valence electrons. The van der Waals surface area contributed by atoms with Gasteiger partial charge in [0.25, 0.3) is 0 Å². The number of H-pyrrole nitrogens is 1. The normalized spacial score (nSPS) is 11.1. The Balaban J connectivity index is 2.03. The third-order valence-corrected chi connectivity index (χ3v) is 2.89. The number of nitriles is 1. The molecule has 0 saturated heterocycles. The van der Waals surface area contributed by atoms with Gasteiger partial charge in [-0.2, -0.15) is 23.6 Å². The Morgan fingerprint density at radius 3 is 2.62 bits per heavy atom. The van der Waals surface area contributed by atoms with Gasteiger partial charge in [0, 0.05) is 11.6 Å². The molecule has 3 aromatic rings. The van der Waals surface area contributed by atoms with Crippen molar-refractivity contribution in [2.45, 2.75) is 6.18 Å². The van der Waals surface area contributed by atoms with E-state index in [1.54, 1.807) is 30.3 Å². The number of hydrogen-bond acceptors (Lipinski definition) is 7. The van der Waals surface area contributed by atoms with Crippen LogP contribution in [0.25, 0.3) is 11.4 Å². The van der Waals surface area contributed by atoms with Gasteiger partial charge in [0.1, 0.15) is 11.8 Å². The SMILES string of the molecule is N#Cc1cc(C(F)(F)F)nc(Nc2ccccc2-c2nn[nH]n2)n1. The smallest absolute Gasteiger partial charge is 0.323 e. The van der Waals surface area contributed by atoms with Crippen molar-refractivity contribution >= 4 is 11.6 Å². The molecule has 24 heavy (non-hydrogen) atoms. The molecule has 0 radical (unpaired) electrons. The van der Waals surface area contributed by atoms with Gasteiger partial charge in [0.15, 0.2) is 5.69 Å². The molecule has 0 aliphatic heterocycles. The highest BCUT2D eigenvalue weighted by Gasteiger charge is 2.33. The summed E-state index contributed by atoms with van der Waals surface area (Å²) in [4.78, 5) is 7.14. The van der Waals surface area contributed by atoms with E-state index in [2.05, 4.69) is 35.9 Å². The fourth-order valence-electron chi connectivity index (χ4n) is 1.89. The minimum absolute atomic E-state index is 0.241. The monoisotopic (exact) mass is 332 g/mol. The second-order valence-electron chi connectivity index (χ2n) is 4.48. The van der Waals surface area contributed by atoms with Gasteiger partial charge in [0.2, 0.25) is 11.8 Å². The number of hydrogen-bond donors (Lipinski definition) is 2. The predicted molar refractivity (Wildman–Crippen MR) is 74.6 cm³/mol. The van der Waals surface area contributed by atoms with Crippen LogP contribution in [0.4, 0.5) is 24.8 Å². The van der Waals surface area contributed by atoms with Crippen molar-refractivity contribution in [1.82, 2.24) is 30.6 Å². The number of rotatable bonds is 3. The van der Waals surface area contributed by atoms with E-state index in [9.17, 15) is 13.2 Å². The summed E-state index contributed by atoms with van der Waals surface area (Å²) in [6.45, 7) is 0. The molecule has 2 N–H and O–H groups in total.